The first-order chi connectivity index (χ1) is 33.4. The maximum atomic E-state index is 14.0. The van der Waals surface area contributed by atoms with Crippen LogP contribution in [-0.4, -0.2) is 121 Å². The Labute approximate surface area is 404 Å². The van der Waals surface area contributed by atoms with Gasteiger partial charge in [0.15, 0.2) is 0 Å². The molecule has 0 saturated carbocycles. The third kappa shape index (κ3) is 7.76. The average Bonchev–Trinajstić information content (AvgIpc) is 3.99. The molecule has 0 bridgehead atoms. The Bertz CT molecular complexity index is 2920. The van der Waals surface area contributed by atoms with E-state index in [0.29, 0.717) is 77.0 Å². The minimum absolute atomic E-state index is 0.115. The molecule has 3 N–H and O–H groups in total. The fourth-order valence-electron chi connectivity index (χ4n) is 13.3. The van der Waals surface area contributed by atoms with Crippen LogP contribution in [0.15, 0.2) is 65.8 Å². The zero-order chi connectivity index (χ0) is 47.3. The van der Waals surface area contributed by atoms with Gasteiger partial charge in [0.05, 0.1) is 18.5 Å². The lowest BCUT2D eigenvalue weighted by Gasteiger charge is -2.49. The van der Waals surface area contributed by atoms with Gasteiger partial charge in [0.1, 0.15) is 23.0 Å². The first-order valence-corrected chi connectivity index (χ1v) is 25.4. The Balaban J connectivity index is 0.701. The molecule has 3 fully saturated rings. The van der Waals surface area contributed by atoms with Crippen molar-refractivity contribution >= 4 is 34.8 Å². The number of benzene rings is 1. The number of aryl methyl sites for hydroxylation is 1. The largest absolute Gasteiger partial charge is 0.392 e. The summed E-state index contributed by atoms with van der Waals surface area (Å²) in [5.41, 5.74) is 11.6. The van der Waals surface area contributed by atoms with Crippen LogP contribution in [0, 0.1) is 5.41 Å². The fraction of sp³-hybridized carbons (Fsp3) is 0.500. The van der Waals surface area contributed by atoms with Crippen molar-refractivity contribution in [3.8, 4) is 11.1 Å². The smallest absolute Gasteiger partial charge is 0.276 e. The predicted octanol–water partition coefficient (Wildman–Crippen LogP) is 5.47. The molecule has 1 unspecified atom stereocenters. The lowest BCUT2D eigenvalue weighted by molar-refractivity contribution is 0.0456. The summed E-state index contributed by atoms with van der Waals surface area (Å²) in [5, 5.41) is 17.6. The van der Waals surface area contributed by atoms with Gasteiger partial charge in [-0.2, -0.15) is 0 Å². The first-order valence-electron chi connectivity index (χ1n) is 25.4. The summed E-state index contributed by atoms with van der Waals surface area (Å²) in [7, 11) is 1.72. The summed E-state index contributed by atoms with van der Waals surface area (Å²) < 4.78 is 3.71. The molecule has 69 heavy (non-hydrogen) atoms. The highest BCUT2D eigenvalue weighted by atomic mass is 16.3. The standard InChI is InChI=1S/C54H65N11O4/c1-33-28-61(37-12-15-60-30-34-7-9-42-44(43(34)23-40(60)22-37)31-65(51(42)67)38-6-5-13-55-26-38)16-17-62(33)39-8-10-49(57-27-39)58-46-20-36(29-59(4)52(46)68)41-11-14-56-50(45(41)32-66)64-19-18-63-47(53(64)69)21-35-24-54(2,3)25-48(35)63/h7-11,14,20-21,27,29,33,37-38,40,55,66H,5-6,12-13,15-19,22-26,28,30-32H2,1-4H3,(H,57,58)/t33-,37+,38?,40+/m0/s1. The van der Waals surface area contributed by atoms with Crippen LogP contribution in [0.3, 0.4) is 0 Å². The topological polar surface area (TPSA) is 147 Å². The summed E-state index contributed by atoms with van der Waals surface area (Å²) in [6.45, 7) is 15.3. The van der Waals surface area contributed by atoms with Crippen LogP contribution >= 0.6 is 0 Å². The van der Waals surface area contributed by atoms with Gasteiger partial charge in [0, 0.05) is 125 Å². The van der Waals surface area contributed by atoms with Crippen molar-refractivity contribution in [3.63, 3.8) is 0 Å². The lowest BCUT2D eigenvalue weighted by atomic mass is 9.83. The summed E-state index contributed by atoms with van der Waals surface area (Å²) in [6.07, 6.45) is 12.8. The Morgan fingerprint density at radius 2 is 1.72 bits per heavy atom. The number of pyridine rings is 3. The number of hydrogen-bond acceptors (Lipinski definition) is 11. The zero-order valence-electron chi connectivity index (χ0n) is 40.5. The zero-order valence-corrected chi connectivity index (χ0v) is 40.5. The van der Waals surface area contributed by atoms with E-state index in [9.17, 15) is 19.5 Å². The molecule has 0 radical (unpaired) electrons. The summed E-state index contributed by atoms with van der Waals surface area (Å²) in [4.78, 5) is 62.4. The molecule has 12 rings (SSSR count). The van der Waals surface area contributed by atoms with Gasteiger partial charge in [0.2, 0.25) is 0 Å². The van der Waals surface area contributed by atoms with E-state index < -0.39 is 0 Å². The van der Waals surface area contributed by atoms with Crippen molar-refractivity contribution in [2.45, 2.75) is 116 Å². The van der Waals surface area contributed by atoms with Gasteiger partial charge < -0.3 is 34.7 Å². The second-order valence-electron chi connectivity index (χ2n) is 21.7. The number of anilines is 4. The van der Waals surface area contributed by atoms with Crippen LogP contribution in [0.4, 0.5) is 23.0 Å². The number of rotatable bonds is 8. The maximum absolute atomic E-state index is 14.0. The highest BCUT2D eigenvalue weighted by Gasteiger charge is 2.42. The summed E-state index contributed by atoms with van der Waals surface area (Å²) in [6, 6.07) is 15.7. The van der Waals surface area contributed by atoms with Crippen LogP contribution < -0.4 is 26.0 Å². The minimum Gasteiger partial charge on any atom is -0.392 e. The van der Waals surface area contributed by atoms with E-state index in [4.69, 9.17) is 4.98 Å². The SMILES string of the molecule is C[C@H]1CN([C@@H]2CCN3Cc4ccc5c(c4C[C@H]3C2)CN(C2CCCNC2)C5=O)CCN1c1ccc(Nc2cc(-c3ccnc(N4CCn5c(cc6c5CC(C)(C)C6)C4=O)c3CO)cn(C)c2=O)nc1. The number of nitrogens with one attached hydrogen (secondary N) is 2. The molecular formula is C54H65N11O4. The van der Waals surface area contributed by atoms with Gasteiger partial charge in [-0.3, -0.25) is 29.1 Å². The highest BCUT2D eigenvalue weighted by molar-refractivity contribution is 6.06. The lowest BCUT2D eigenvalue weighted by Crippen LogP contribution is -2.58. The summed E-state index contributed by atoms with van der Waals surface area (Å²) in [5.74, 6) is 1.10. The van der Waals surface area contributed by atoms with E-state index in [1.165, 1.54) is 38.9 Å². The quantitative estimate of drug-likeness (QED) is 0.182. The second-order valence-corrected chi connectivity index (χ2v) is 21.7. The summed E-state index contributed by atoms with van der Waals surface area (Å²) >= 11 is 0. The number of carbonyl (C=O) groups is 2. The number of aliphatic hydroxyl groups is 1. The molecule has 1 aromatic carbocycles. The van der Waals surface area contributed by atoms with Gasteiger partial charge in [-0.05, 0) is 128 Å². The van der Waals surface area contributed by atoms with E-state index in [1.54, 1.807) is 30.4 Å². The van der Waals surface area contributed by atoms with Crippen molar-refractivity contribution in [2.24, 2.45) is 12.5 Å². The van der Waals surface area contributed by atoms with Crippen molar-refractivity contribution in [3.05, 3.63) is 116 Å². The number of aliphatic hydroxyl groups excluding tert-OH is 1. The number of fused-ring (bicyclic) bond motifs is 7. The van der Waals surface area contributed by atoms with Crippen LogP contribution in [0.2, 0.25) is 0 Å². The number of hydrogen-bond donors (Lipinski definition) is 3. The normalized spacial score (nSPS) is 24.5. The van der Waals surface area contributed by atoms with E-state index in [0.717, 1.165) is 102 Å². The van der Waals surface area contributed by atoms with Gasteiger partial charge in [-0.25, -0.2) is 9.97 Å². The number of carbonyl (C=O) groups excluding carboxylic acids is 2. The molecule has 4 aromatic heterocycles. The van der Waals surface area contributed by atoms with Crippen LogP contribution in [0.25, 0.3) is 11.1 Å². The van der Waals surface area contributed by atoms with E-state index in [1.807, 2.05) is 24.4 Å². The Kier molecular flexibility index (Phi) is 11.1. The van der Waals surface area contributed by atoms with Gasteiger partial charge in [-0.15, -0.1) is 0 Å². The maximum Gasteiger partial charge on any atom is 0.276 e. The van der Waals surface area contributed by atoms with Crippen LogP contribution in [0.5, 0.6) is 0 Å². The molecule has 4 atom stereocenters. The van der Waals surface area contributed by atoms with Crippen molar-refractivity contribution in [1.82, 2.24) is 39.1 Å². The number of nitrogens with zero attached hydrogens (tertiary/aromatic N) is 9. The second kappa shape index (κ2) is 17.2. The van der Waals surface area contributed by atoms with Gasteiger partial charge in [-0.1, -0.05) is 19.9 Å². The number of piperazine rings is 1. The molecule has 5 aromatic rings. The van der Waals surface area contributed by atoms with Gasteiger partial charge in [0.25, 0.3) is 17.4 Å². The monoisotopic (exact) mass is 932 g/mol. The Hall–Kier alpha value is -5.87. The predicted molar refractivity (Wildman–Crippen MR) is 267 cm³/mol. The molecule has 3 saturated heterocycles. The molecule has 360 valence electrons. The number of aromatic nitrogens is 4. The van der Waals surface area contributed by atoms with Crippen LogP contribution in [-0.2, 0) is 52.6 Å². The minimum atomic E-state index is -0.326. The third-order valence-electron chi connectivity index (χ3n) is 16.8. The van der Waals surface area contributed by atoms with E-state index in [-0.39, 0.29) is 29.4 Å². The van der Waals surface area contributed by atoms with E-state index in [2.05, 4.69) is 78.8 Å². The molecule has 15 heteroatoms. The van der Waals surface area contributed by atoms with Crippen LogP contribution in [0.1, 0.15) is 101 Å². The fourth-order valence-corrected chi connectivity index (χ4v) is 13.3. The van der Waals surface area contributed by atoms with Crippen molar-refractivity contribution in [2.75, 3.05) is 60.9 Å². The molecule has 6 aliphatic heterocycles. The molecular weight excluding hydrogens is 867 g/mol. The van der Waals surface area contributed by atoms with Gasteiger partial charge >= 0.3 is 0 Å². The number of amides is 2. The number of piperidine rings is 2. The Morgan fingerprint density at radius 1 is 0.841 bits per heavy atom. The molecule has 10 heterocycles. The molecule has 1 aliphatic carbocycles. The third-order valence-corrected chi connectivity index (χ3v) is 16.8. The molecule has 0 spiro atoms. The first kappa shape index (κ1) is 44.3. The van der Waals surface area contributed by atoms with Crippen molar-refractivity contribution < 1.29 is 14.7 Å². The average molecular weight is 932 g/mol. The van der Waals surface area contributed by atoms with E-state index >= 15 is 0 Å². The molecule has 7 aliphatic rings. The molecule has 15 nitrogen and oxygen atoms in total. The highest BCUT2D eigenvalue weighted by Crippen LogP contribution is 2.42. The van der Waals surface area contributed by atoms with Crippen molar-refractivity contribution in [1.29, 1.82) is 0 Å². The Morgan fingerprint density at radius 3 is 2.52 bits per heavy atom. The molecule has 2 amide bonds.